The first kappa shape index (κ1) is 25.1. The maximum Gasteiger partial charge on any atom is 0.255 e. The van der Waals surface area contributed by atoms with Crippen LogP contribution in [0.4, 0.5) is 5.69 Å². The van der Waals surface area contributed by atoms with Gasteiger partial charge in [-0.3, -0.25) is 15.1 Å². The smallest absolute Gasteiger partial charge is 0.255 e. The number of methoxy groups -OCH3 is 1. The van der Waals surface area contributed by atoms with E-state index < -0.39 is 0 Å². The van der Waals surface area contributed by atoms with Crippen LogP contribution in [-0.2, 0) is 9.47 Å². The number of nitrogens with one attached hydrogen (secondary N) is 4. The van der Waals surface area contributed by atoms with Crippen molar-refractivity contribution < 1.29 is 14.3 Å². The van der Waals surface area contributed by atoms with E-state index in [4.69, 9.17) is 26.5 Å². The number of hydrogen-bond acceptors (Lipinski definition) is 8. The number of benzene rings is 1. The second kappa shape index (κ2) is 11.6. The molecule has 4 N–H and O–H groups in total. The third-order valence-electron chi connectivity index (χ3n) is 5.77. The summed E-state index contributed by atoms with van der Waals surface area (Å²) in [6.07, 6.45) is 3.11. The average molecular weight is 500 g/mol. The van der Waals surface area contributed by atoms with Crippen LogP contribution < -0.4 is 10.6 Å². The molecular formula is C24H30ClN7O3. The summed E-state index contributed by atoms with van der Waals surface area (Å²) >= 11 is 6.26. The molecule has 1 unspecified atom stereocenters. The number of halogens is 1. The molecule has 0 saturated carbocycles. The van der Waals surface area contributed by atoms with Crippen molar-refractivity contribution in [1.29, 1.82) is 5.41 Å². The predicted octanol–water partition coefficient (Wildman–Crippen LogP) is 2.54. The minimum absolute atomic E-state index is 0.160. The van der Waals surface area contributed by atoms with Crippen LogP contribution in [0, 0.1) is 5.41 Å². The van der Waals surface area contributed by atoms with Crippen LogP contribution >= 0.6 is 11.6 Å². The van der Waals surface area contributed by atoms with Crippen molar-refractivity contribution in [2.45, 2.75) is 13.0 Å². The van der Waals surface area contributed by atoms with Crippen molar-refractivity contribution in [2.75, 3.05) is 58.4 Å². The largest absolute Gasteiger partial charge is 0.383 e. The number of ether oxygens (including phenoxy) is 2. The van der Waals surface area contributed by atoms with E-state index in [1.807, 2.05) is 13.0 Å². The fourth-order valence-electron chi connectivity index (χ4n) is 3.97. The Bertz CT molecular complexity index is 1190. The van der Waals surface area contributed by atoms with Gasteiger partial charge in [-0.1, -0.05) is 11.6 Å². The Balaban J connectivity index is 1.54. The molecule has 1 saturated heterocycles. The molecular weight excluding hydrogens is 470 g/mol. The van der Waals surface area contributed by atoms with Gasteiger partial charge in [0, 0.05) is 61.8 Å². The topological polar surface area (TPSA) is 128 Å². The number of nitrogens with zero attached hydrogens (tertiary/aromatic N) is 3. The molecule has 3 aromatic rings. The summed E-state index contributed by atoms with van der Waals surface area (Å²) in [7, 11) is 1.58. The summed E-state index contributed by atoms with van der Waals surface area (Å²) in [5, 5.41) is 15.7. The molecule has 186 valence electrons. The van der Waals surface area contributed by atoms with Crippen LogP contribution in [-0.4, -0.2) is 90.6 Å². The summed E-state index contributed by atoms with van der Waals surface area (Å²) < 4.78 is 10.5. The van der Waals surface area contributed by atoms with E-state index in [1.54, 1.807) is 25.4 Å². The van der Waals surface area contributed by atoms with Gasteiger partial charge in [0.1, 0.15) is 11.2 Å². The molecule has 0 radical (unpaired) electrons. The second-order valence-corrected chi connectivity index (χ2v) is 8.87. The second-order valence-electron chi connectivity index (χ2n) is 8.43. The van der Waals surface area contributed by atoms with Crippen LogP contribution in [0.15, 0.2) is 30.6 Å². The van der Waals surface area contributed by atoms with E-state index >= 15 is 0 Å². The highest BCUT2D eigenvalue weighted by Gasteiger charge is 2.19. The predicted molar refractivity (Wildman–Crippen MR) is 136 cm³/mol. The lowest BCUT2D eigenvalue weighted by Crippen LogP contribution is -2.39. The molecule has 0 spiro atoms. The van der Waals surface area contributed by atoms with Gasteiger partial charge in [0.2, 0.25) is 0 Å². The van der Waals surface area contributed by atoms with Crippen LogP contribution in [0.2, 0.25) is 5.02 Å². The Morgan fingerprint density at radius 3 is 2.91 bits per heavy atom. The van der Waals surface area contributed by atoms with Crippen molar-refractivity contribution in [3.8, 4) is 0 Å². The van der Waals surface area contributed by atoms with Crippen molar-refractivity contribution in [3.05, 3.63) is 52.4 Å². The molecule has 1 amide bonds. The van der Waals surface area contributed by atoms with Crippen LogP contribution in [0.5, 0.6) is 0 Å². The Morgan fingerprint density at radius 2 is 2.14 bits per heavy atom. The Morgan fingerprint density at radius 1 is 1.34 bits per heavy atom. The van der Waals surface area contributed by atoms with Crippen LogP contribution in [0.1, 0.15) is 28.5 Å². The molecule has 1 fully saturated rings. The van der Waals surface area contributed by atoms with Gasteiger partial charge < -0.3 is 25.1 Å². The number of carbonyl (C=O) groups excluding carboxylic acids is 1. The Labute approximate surface area is 208 Å². The highest BCUT2D eigenvalue weighted by Crippen LogP contribution is 2.24. The molecule has 4 rings (SSSR count). The zero-order valence-electron chi connectivity index (χ0n) is 19.9. The number of aromatic amines is 1. The molecule has 1 aliphatic heterocycles. The van der Waals surface area contributed by atoms with Gasteiger partial charge in [-0.15, -0.1) is 0 Å². The molecule has 1 aliphatic rings. The molecule has 35 heavy (non-hydrogen) atoms. The number of anilines is 1. The van der Waals surface area contributed by atoms with Crippen molar-refractivity contribution in [1.82, 2.24) is 25.2 Å². The highest BCUT2D eigenvalue weighted by molar-refractivity contribution is 6.31. The van der Waals surface area contributed by atoms with Gasteiger partial charge in [-0.2, -0.15) is 0 Å². The van der Waals surface area contributed by atoms with E-state index in [-0.39, 0.29) is 17.7 Å². The first-order chi connectivity index (χ1) is 17.0. The van der Waals surface area contributed by atoms with Gasteiger partial charge in [0.25, 0.3) is 5.91 Å². The lowest BCUT2D eigenvalue weighted by Gasteiger charge is -2.26. The normalized spacial score (nSPS) is 15.2. The molecule has 11 heteroatoms. The van der Waals surface area contributed by atoms with E-state index in [0.29, 0.717) is 46.2 Å². The quantitative estimate of drug-likeness (QED) is 0.315. The zero-order chi connectivity index (χ0) is 24.8. The maximum absolute atomic E-state index is 12.8. The molecule has 0 bridgehead atoms. The van der Waals surface area contributed by atoms with Gasteiger partial charge >= 0.3 is 0 Å². The van der Waals surface area contributed by atoms with Gasteiger partial charge in [-0.25, -0.2) is 9.97 Å². The average Bonchev–Trinajstić information content (AvgIpc) is 3.28. The van der Waals surface area contributed by atoms with Gasteiger partial charge in [0.05, 0.1) is 37.3 Å². The number of morpholine rings is 1. The summed E-state index contributed by atoms with van der Waals surface area (Å²) in [6, 6.07) is 5.19. The van der Waals surface area contributed by atoms with Crippen LogP contribution in [0.25, 0.3) is 11.2 Å². The van der Waals surface area contributed by atoms with Crippen LogP contribution in [0.3, 0.4) is 0 Å². The molecule has 1 aromatic carbocycles. The van der Waals surface area contributed by atoms with E-state index in [2.05, 4.69) is 30.5 Å². The van der Waals surface area contributed by atoms with Crippen molar-refractivity contribution in [2.24, 2.45) is 0 Å². The highest BCUT2D eigenvalue weighted by atomic mass is 35.5. The number of fused-ring (bicyclic) bond motifs is 1. The minimum Gasteiger partial charge on any atom is -0.383 e. The first-order valence-corrected chi connectivity index (χ1v) is 11.9. The van der Waals surface area contributed by atoms with Crippen molar-refractivity contribution in [3.63, 3.8) is 0 Å². The standard InChI is InChI=1S/C24H30ClN7O3/c1-15(14-34-2)30-24(33)18-12-28-23-22(18)31-20(13-29-23)21(26)17-4-3-16(25)11-19(17)27-5-6-32-7-9-35-10-8-32/h3-4,11-13,15,26-27H,5-10,14H2,1-2H3,(H,28,29)(H,30,33). The Kier molecular flexibility index (Phi) is 8.29. The lowest BCUT2D eigenvalue weighted by atomic mass is 10.0. The number of hydrogen-bond donors (Lipinski definition) is 4. The van der Waals surface area contributed by atoms with Crippen molar-refractivity contribution >= 4 is 40.1 Å². The molecule has 3 heterocycles. The first-order valence-electron chi connectivity index (χ1n) is 11.5. The number of aromatic nitrogens is 3. The SMILES string of the molecule is COCC(C)NC(=O)c1c[nH]c2ncc(C(=N)c3ccc(Cl)cc3NCCN3CCOCC3)nc12. The van der Waals surface area contributed by atoms with Gasteiger partial charge in [0.15, 0.2) is 5.65 Å². The number of rotatable bonds is 10. The molecule has 0 aliphatic carbocycles. The fourth-order valence-corrected chi connectivity index (χ4v) is 4.14. The molecule has 10 nitrogen and oxygen atoms in total. The summed E-state index contributed by atoms with van der Waals surface area (Å²) in [5.41, 5.74) is 3.19. The van der Waals surface area contributed by atoms with E-state index in [9.17, 15) is 4.79 Å². The fraction of sp³-hybridized carbons (Fsp3) is 0.417. The Hall–Kier alpha value is -3.05. The summed E-state index contributed by atoms with van der Waals surface area (Å²) in [4.78, 5) is 27.1. The third kappa shape index (κ3) is 6.15. The zero-order valence-corrected chi connectivity index (χ0v) is 20.6. The molecule has 2 aromatic heterocycles. The maximum atomic E-state index is 12.8. The van der Waals surface area contributed by atoms with Gasteiger partial charge in [-0.05, 0) is 25.1 Å². The van der Waals surface area contributed by atoms with E-state index in [1.165, 1.54) is 6.20 Å². The number of carbonyl (C=O) groups is 1. The summed E-state index contributed by atoms with van der Waals surface area (Å²) in [5.74, 6) is -0.282. The molecule has 1 atom stereocenters. The lowest BCUT2D eigenvalue weighted by molar-refractivity contribution is 0.0398. The summed E-state index contributed by atoms with van der Waals surface area (Å²) in [6.45, 7) is 7.13. The minimum atomic E-state index is -0.282. The monoisotopic (exact) mass is 499 g/mol. The third-order valence-corrected chi connectivity index (χ3v) is 6.01. The number of amides is 1. The number of H-pyrrole nitrogens is 1. The van der Waals surface area contributed by atoms with E-state index in [0.717, 1.165) is 38.5 Å².